The van der Waals surface area contributed by atoms with Crippen molar-refractivity contribution in [2.45, 2.75) is 51.1 Å². The molecule has 34 heavy (non-hydrogen) atoms. The maximum atomic E-state index is 13.7. The predicted molar refractivity (Wildman–Crippen MR) is 129 cm³/mol. The van der Waals surface area contributed by atoms with Gasteiger partial charge in [-0.05, 0) is 48.1 Å². The lowest BCUT2D eigenvalue weighted by Gasteiger charge is -2.38. The highest BCUT2D eigenvalue weighted by Crippen LogP contribution is 2.34. The van der Waals surface area contributed by atoms with Crippen molar-refractivity contribution in [2.24, 2.45) is 11.7 Å². The molecule has 1 aliphatic rings. The van der Waals surface area contributed by atoms with E-state index in [1.165, 1.54) is 12.1 Å². The number of aromatic nitrogens is 1. The molecule has 1 aromatic heterocycles. The molecule has 3 amide bonds. The maximum absolute atomic E-state index is 13.7. The van der Waals surface area contributed by atoms with Gasteiger partial charge < -0.3 is 26.5 Å². The Hall–Kier alpha value is -3.81. The van der Waals surface area contributed by atoms with Crippen LogP contribution in [-0.4, -0.2) is 39.4 Å². The van der Waals surface area contributed by atoms with Crippen LogP contribution in [0.5, 0.6) is 5.75 Å². The number of aryl methyl sites for hydroxylation is 1. The van der Waals surface area contributed by atoms with Crippen LogP contribution in [0, 0.1) is 5.92 Å². The Balaban J connectivity index is 1.67. The number of carbonyl (C=O) groups is 3. The van der Waals surface area contributed by atoms with Crippen molar-refractivity contribution in [1.29, 1.82) is 0 Å². The van der Waals surface area contributed by atoms with Crippen LogP contribution >= 0.6 is 0 Å². The Kier molecular flexibility index (Phi) is 6.32. The summed E-state index contributed by atoms with van der Waals surface area (Å²) >= 11 is 0. The normalized spacial score (nSPS) is 18.3. The topological polar surface area (TPSA) is 137 Å². The van der Waals surface area contributed by atoms with Gasteiger partial charge in [0.1, 0.15) is 17.3 Å². The van der Waals surface area contributed by atoms with Crippen molar-refractivity contribution in [3.05, 3.63) is 65.4 Å². The molecular weight excluding hydrogens is 432 g/mol. The van der Waals surface area contributed by atoms with E-state index in [2.05, 4.69) is 15.6 Å². The maximum Gasteiger partial charge on any atom is 0.246 e. The molecule has 2 atom stereocenters. The third kappa shape index (κ3) is 4.62. The summed E-state index contributed by atoms with van der Waals surface area (Å²) in [5.41, 5.74) is 7.94. The zero-order valence-corrected chi connectivity index (χ0v) is 19.4. The Bertz CT molecular complexity index is 1250. The fourth-order valence-corrected chi connectivity index (χ4v) is 4.77. The summed E-state index contributed by atoms with van der Waals surface area (Å²) in [5, 5.41) is 16.5. The number of fused-ring (bicyclic) bond motifs is 3. The second kappa shape index (κ2) is 9.21. The highest BCUT2D eigenvalue weighted by atomic mass is 16.3. The number of hydrogen-bond donors (Lipinski definition) is 5. The number of aromatic hydroxyl groups is 1. The van der Waals surface area contributed by atoms with Crippen LogP contribution in [0.2, 0.25) is 0 Å². The second-order valence-corrected chi connectivity index (χ2v) is 9.38. The van der Waals surface area contributed by atoms with Gasteiger partial charge in [0.15, 0.2) is 0 Å². The number of benzene rings is 2. The lowest BCUT2D eigenvalue weighted by molar-refractivity contribution is -0.136. The summed E-state index contributed by atoms with van der Waals surface area (Å²) in [6.07, 6.45) is 1.22. The fraction of sp³-hybridized carbons (Fsp3) is 0.346. The summed E-state index contributed by atoms with van der Waals surface area (Å²) in [4.78, 5) is 42.2. The van der Waals surface area contributed by atoms with Crippen LogP contribution in [0.25, 0.3) is 10.9 Å². The minimum atomic E-state index is -1.24. The summed E-state index contributed by atoms with van der Waals surface area (Å²) in [6, 6.07) is 13.5. The van der Waals surface area contributed by atoms with Crippen LogP contribution in [0.15, 0.2) is 48.5 Å². The lowest BCUT2D eigenvalue weighted by atomic mass is 9.78. The number of rotatable bonds is 7. The van der Waals surface area contributed by atoms with Gasteiger partial charge in [-0.1, -0.05) is 44.2 Å². The number of amides is 3. The lowest BCUT2D eigenvalue weighted by Crippen LogP contribution is -2.64. The number of para-hydroxylation sites is 1. The van der Waals surface area contributed by atoms with Gasteiger partial charge >= 0.3 is 0 Å². The van der Waals surface area contributed by atoms with Gasteiger partial charge in [0, 0.05) is 23.0 Å². The number of H-pyrrole nitrogens is 1. The van der Waals surface area contributed by atoms with Gasteiger partial charge in [-0.3, -0.25) is 14.4 Å². The highest BCUT2D eigenvalue weighted by molar-refractivity contribution is 5.97. The molecule has 0 spiro atoms. The van der Waals surface area contributed by atoms with Crippen LogP contribution in [0.4, 0.5) is 0 Å². The molecule has 8 heteroatoms. The van der Waals surface area contributed by atoms with Crippen molar-refractivity contribution >= 4 is 28.6 Å². The van der Waals surface area contributed by atoms with Gasteiger partial charge in [-0.15, -0.1) is 0 Å². The predicted octanol–water partition coefficient (Wildman–Crippen LogP) is 2.09. The van der Waals surface area contributed by atoms with E-state index in [1.807, 2.05) is 38.1 Å². The minimum Gasteiger partial charge on any atom is -0.508 e. The molecule has 0 unspecified atom stereocenters. The molecule has 8 nitrogen and oxygen atoms in total. The monoisotopic (exact) mass is 462 g/mol. The number of primary amides is 1. The first-order chi connectivity index (χ1) is 16.2. The van der Waals surface area contributed by atoms with Gasteiger partial charge in [0.2, 0.25) is 17.7 Å². The molecule has 1 aliphatic carbocycles. The number of carbonyl (C=O) groups excluding carboxylic acids is 3. The van der Waals surface area contributed by atoms with Crippen molar-refractivity contribution in [1.82, 2.24) is 15.6 Å². The van der Waals surface area contributed by atoms with Gasteiger partial charge in [-0.2, -0.15) is 0 Å². The SMILES string of the molecule is CC(C)[C@H](NC(=O)[C@@]1(NC(=O)Cc2cccc(O)c2)CCc2[nH]c3ccccc3c2C1)C(N)=O. The standard InChI is InChI=1S/C26H30N4O4/c1-15(2)23(24(27)33)29-25(34)26(30-22(32)13-16-6-5-7-17(31)12-16)11-10-21-19(14-26)18-8-3-4-9-20(18)28-21/h3-9,12,15,23,28,31H,10-11,13-14H2,1-2H3,(H2,27,33)(H,29,34)(H,30,32)/t23-,26+/m0/s1. The number of nitrogens with one attached hydrogen (secondary N) is 3. The molecule has 0 radical (unpaired) electrons. The summed E-state index contributed by atoms with van der Waals surface area (Å²) in [6.45, 7) is 3.61. The van der Waals surface area contributed by atoms with Crippen molar-refractivity contribution < 1.29 is 19.5 Å². The molecule has 0 aliphatic heterocycles. The summed E-state index contributed by atoms with van der Waals surface area (Å²) in [5.74, 6) is -1.52. The molecule has 4 rings (SSSR count). The van der Waals surface area contributed by atoms with Crippen LogP contribution < -0.4 is 16.4 Å². The van der Waals surface area contributed by atoms with Crippen LogP contribution in [0.3, 0.4) is 0 Å². The second-order valence-electron chi connectivity index (χ2n) is 9.38. The number of aromatic amines is 1. The molecule has 2 aromatic carbocycles. The molecule has 0 saturated carbocycles. The van der Waals surface area contributed by atoms with E-state index in [1.54, 1.807) is 12.1 Å². The number of phenols is 1. The number of phenolic OH excluding ortho intramolecular Hbond substituents is 1. The van der Waals surface area contributed by atoms with E-state index in [9.17, 15) is 19.5 Å². The van der Waals surface area contributed by atoms with E-state index in [4.69, 9.17) is 5.73 Å². The molecule has 0 fully saturated rings. The molecule has 0 saturated heterocycles. The van der Waals surface area contributed by atoms with Gasteiger partial charge in [0.25, 0.3) is 0 Å². The van der Waals surface area contributed by atoms with E-state index >= 15 is 0 Å². The molecular formula is C26H30N4O4. The first-order valence-electron chi connectivity index (χ1n) is 11.5. The van der Waals surface area contributed by atoms with Gasteiger partial charge in [0.05, 0.1) is 6.42 Å². The highest BCUT2D eigenvalue weighted by Gasteiger charge is 2.45. The van der Waals surface area contributed by atoms with Crippen molar-refractivity contribution in [3.63, 3.8) is 0 Å². The minimum absolute atomic E-state index is 0.00754. The third-order valence-corrected chi connectivity index (χ3v) is 6.53. The quantitative estimate of drug-likeness (QED) is 0.367. The summed E-state index contributed by atoms with van der Waals surface area (Å²) < 4.78 is 0. The van der Waals surface area contributed by atoms with E-state index < -0.39 is 23.4 Å². The van der Waals surface area contributed by atoms with Gasteiger partial charge in [-0.25, -0.2) is 0 Å². The average molecular weight is 463 g/mol. The van der Waals surface area contributed by atoms with E-state index in [-0.39, 0.29) is 30.4 Å². The largest absolute Gasteiger partial charge is 0.508 e. The van der Waals surface area contributed by atoms with Crippen molar-refractivity contribution in [3.8, 4) is 5.75 Å². The smallest absolute Gasteiger partial charge is 0.246 e. The Morgan fingerprint density at radius 3 is 2.62 bits per heavy atom. The zero-order chi connectivity index (χ0) is 24.5. The molecule has 3 aromatic rings. The van der Waals surface area contributed by atoms with E-state index in [0.717, 1.165) is 22.2 Å². The third-order valence-electron chi connectivity index (χ3n) is 6.53. The number of nitrogens with two attached hydrogens (primary N) is 1. The van der Waals surface area contributed by atoms with Crippen LogP contribution in [-0.2, 0) is 33.6 Å². The van der Waals surface area contributed by atoms with Crippen molar-refractivity contribution in [2.75, 3.05) is 0 Å². The average Bonchev–Trinajstić information content (AvgIpc) is 3.14. The Labute approximate surface area is 197 Å². The molecule has 1 heterocycles. The fourth-order valence-electron chi connectivity index (χ4n) is 4.77. The van der Waals surface area contributed by atoms with E-state index in [0.29, 0.717) is 18.4 Å². The summed E-state index contributed by atoms with van der Waals surface area (Å²) in [7, 11) is 0. The first kappa shape index (κ1) is 23.4. The molecule has 0 bridgehead atoms. The zero-order valence-electron chi connectivity index (χ0n) is 19.4. The molecule has 178 valence electrons. The number of hydrogen-bond acceptors (Lipinski definition) is 4. The first-order valence-corrected chi connectivity index (χ1v) is 11.5. The van der Waals surface area contributed by atoms with Crippen LogP contribution in [0.1, 0.15) is 37.1 Å². The Morgan fingerprint density at radius 2 is 1.91 bits per heavy atom. The Morgan fingerprint density at radius 1 is 1.15 bits per heavy atom. The molecule has 6 N–H and O–H groups in total.